The molecule has 0 amide bonds. The van der Waals surface area contributed by atoms with Crippen molar-refractivity contribution in [2.45, 2.75) is 11.4 Å². The smallest absolute Gasteiger partial charge is 0.361 e. The summed E-state index contributed by atoms with van der Waals surface area (Å²) >= 11 is 6.25. The summed E-state index contributed by atoms with van der Waals surface area (Å²) in [6, 6.07) is 6.07. The third-order valence-corrected chi connectivity index (χ3v) is 5.67. The third-order valence-electron chi connectivity index (χ3n) is 3.75. The van der Waals surface area contributed by atoms with E-state index in [4.69, 9.17) is 20.7 Å². The fraction of sp³-hybridized carbons (Fsp3) is 0.312. The average molecular weight is 381 g/mol. The highest BCUT2D eigenvalue weighted by Crippen LogP contribution is 2.25. The van der Waals surface area contributed by atoms with Crippen LogP contribution in [-0.4, -0.2) is 34.6 Å². The van der Waals surface area contributed by atoms with Gasteiger partial charge in [0, 0.05) is 34.4 Å². The van der Waals surface area contributed by atoms with Crippen LogP contribution in [0.3, 0.4) is 0 Å². The molecule has 5 N–H and O–H groups in total. The van der Waals surface area contributed by atoms with Crippen molar-refractivity contribution in [2.24, 2.45) is 11.6 Å². The monoisotopic (exact) mass is 381 g/mol. The summed E-state index contributed by atoms with van der Waals surface area (Å²) in [4.78, 5) is 12.1. The number of hydrogen-bond acceptors (Lipinski definition) is 9. The number of phenols is 1. The summed E-state index contributed by atoms with van der Waals surface area (Å²) < 4.78 is 10.9. The number of benzene rings is 1. The van der Waals surface area contributed by atoms with Crippen molar-refractivity contribution < 1.29 is 14.3 Å². The number of anilines is 1. The molecular weight excluding hydrogens is 362 g/mol. The Hall–Kier alpha value is -1.81. The van der Waals surface area contributed by atoms with Crippen LogP contribution in [0.4, 0.5) is 5.69 Å². The summed E-state index contributed by atoms with van der Waals surface area (Å²) in [6.45, 7) is 0.197. The van der Waals surface area contributed by atoms with Gasteiger partial charge in [-0.2, -0.15) is 24.4 Å². The van der Waals surface area contributed by atoms with Crippen molar-refractivity contribution >= 4 is 41.0 Å². The molecule has 0 saturated carbocycles. The molecule has 2 heterocycles. The van der Waals surface area contributed by atoms with Gasteiger partial charge < -0.3 is 20.0 Å². The van der Waals surface area contributed by atoms with Crippen molar-refractivity contribution in [3.63, 3.8) is 0 Å². The largest absolute Gasteiger partial charge is 0.508 e. The van der Waals surface area contributed by atoms with E-state index in [0.717, 1.165) is 16.5 Å². The maximum atomic E-state index is 12.1. The fourth-order valence-electron chi connectivity index (χ4n) is 2.44. The predicted molar refractivity (Wildman–Crippen MR) is 103 cm³/mol. The lowest BCUT2D eigenvalue weighted by Crippen LogP contribution is -2.31. The molecule has 1 saturated heterocycles. The molecule has 1 aliphatic heterocycles. The molecule has 0 spiro atoms. The van der Waals surface area contributed by atoms with E-state index in [-0.39, 0.29) is 35.0 Å². The summed E-state index contributed by atoms with van der Waals surface area (Å²) in [5.41, 5.74) is 6.09. The number of thiol groups is 1. The van der Waals surface area contributed by atoms with Gasteiger partial charge in [0.1, 0.15) is 17.0 Å². The number of ether oxygens (including phenoxy) is 1. The fourth-order valence-corrected chi connectivity index (χ4v) is 4.24. The highest BCUT2D eigenvalue weighted by Gasteiger charge is 2.25. The normalized spacial score (nSPS) is 21.0. The zero-order valence-electron chi connectivity index (χ0n) is 13.3. The third kappa shape index (κ3) is 4.24. The van der Waals surface area contributed by atoms with Crippen LogP contribution < -0.4 is 22.2 Å². The first-order valence-electron chi connectivity index (χ1n) is 7.58. The maximum Gasteiger partial charge on any atom is 0.361 e. The molecule has 1 aromatic heterocycles. The van der Waals surface area contributed by atoms with Gasteiger partial charge in [0.25, 0.3) is 0 Å². The Kier molecular flexibility index (Phi) is 5.48. The van der Waals surface area contributed by atoms with Crippen molar-refractivity contribution in [2.75, 3.05) is 23.1 Å². The van der Waals surface area contributed by atoms with Gasteiger partial charge in [0.2, 0.25) is 0 Å². The van der Waals surface area contributed by atoms with Gasteiger partial charge in [0.15, 0.2) is 0 Å². The van der Waals surface area contributed by atoms with E-state index in [1.54, 1.807) is 23.9 Å². The van der Waals surface area contributed by atoms with Gasteiger partial charge >= 0.3 is 5.63 Å². The number of nitrogens with zero attached hydrogens (tertiary/aromatic N) is 1. The van der Waals surface area contributed by atoms with Crippen LogP contribution in [0.1, 0.15) is 0 Å². The van der Waals surface area contributed by atoms with Crippen LogP contribution in [0.2, 0.25) is 0 Å². The minimum absolute atomic E-state index is 0.0156. The van der Waals surface area contributed by atoms with Gasteiger partial charge in [-0.15, -0.1) is 0 Å². The first kappa shape index (κ1) is 18.0. The topological polar surface area (TPSA) is 115 Å². The number of thioether (sulfide) groups is 1. The molecule has 2 atom stereocenters. The minimum atomic E-state index is -0.631. The molecule has 0 bridgehead atoms. The standard InChI is InChI=1S/C16H19N3O4S2/c17-10(6-22-14-7-25-8-15(14)24)5-19(18)12-3-9-1-2-11(20)4-13(9)23-16(12)21/h1-5,14-15,20,24H,6-8,17-18H2/b10-5-/t14-,15+/m1/s1. The molecule has 134 valence electrons. The van der Waals surface area contributed by atoms with Crippen molar-refractivity contribution in [1.82, 2.24) is 0 Å². The number of aromatic hydroxyl groups is 1. The maximum absolute atomic E-state index is 12.1. The van der Waals surface area contributed by atoms with E-state index in [0.29, 0.717) is 11.1 Å². The van der Waals surface area contributed by atoms with Gasteiger partial charge in [0.05, 0.1) is 18.4 Å². The van der Waals surface area contributed by atoms with Crippen LogP contribution in [0.25, 0.3) is 11.0 Å². The lowest BCUT2D eigenvalue weighted by atomic mass is 10.2. The summed E-state index contributed by atoms with van der Waals surface area (Å²) in [6.07, 6.45) is 1.47. The average Bonchev–Trinajstić information content (AvgIpc) is 2.97. The van der Waals surface area contributed by atoms with Crippen LogP contribution in [0, 0.1) is 0 Å². The number of hydrogen-bond donors (Lipinski definition) is 4. The SMILES string of the molecule is N/C(=C\N(N)c1cc2ccc(O)cc2oc1=O)CO[C@@H]1CSC[C@@H]1S. The number of rotatable bonds is 5. The van der Waals surface area contributed by atoms with Crippen molar-refractivity contribution in [3.8, 4) is 5.75 Å². The molecule has 2 aromatic rings. The zero-order valence-corrected chi connectivity index (χ0v) is 15.0. The van der Waals surface area contributed by atoms with E-state index < -0.39 is 5.63 Å². The lowest BCUT2D eigenvalue weighted by Gasteiger charge is -2.17. The minimum Gasteiger partial charge on any atom is -0.508 e. The molecule has 3 rings (SSSR count). The first-order valence-corrected chi connectivity index (χ1v) is 9.25. The number of nitrogens with two attached hydrogens (primary N) is 2. The van der Waals surface area contributed by atoms with Gasteiger partial charge in [-0.3, -0.25) is 5.01 Å². The first-order chi connectivity index (χ1) is 11.9. The number of fused-ring (bicyclic) bond motifs is 1. The second-order valence-electron chi connectivity index (χ2n) is 5.71. The molecule has 0 radical (unpaired) electrons. The Balaban J connectivity index is 1.74. The zero-order chi connectivity index (χ0) is 18.0. The molecule has 0 aliphatic carbocycles. The molecule has 1 aromatic carbocycles. The van der Waals surface area contributed by atoms with Gasteiger partial charge in [-0.25, -0.2) is 10.6 Å². The van der Waals surface area contributed by atoms with Crippen molar-refractivity contribution in [3.05, 3.63) is 46.6 Å². The predicted octanol–water partition coefficient (Wildman–Crippen LogP) is 1.41. The summed E-state index contributed by atoms with van der Waals surface area (Å²) in [5.74, 6) is 7.77. The number of hydrazine groups is 1. The Morgan fingerprint density at radius 1 is 1.48 bits per heavy atom. The Bertz CT molecular complexity index is 855. The van der Waals surface area contributed by atoms with E-state index in [2.05, 4.69) is 12.6 Å². The summed E-state index contributed by atoms with van der Waals surface area (Å²) in [5, 5.41) is 11.4. The van der Waals surface area contributed by atoms with E-state index >= 15 is 0 Å². The molecule has 1 fully saturated rings. The van der Waals surface area contributed by atoms with Gasteiger partial charge in [-0.1, -0.05) is 0 Å². The molecule has 9 heteroatoms. The Morgan fingerprint density at radius 2 is 2.28 bits per heavy atom. The molecule has 1 aliphatic rings. The Morgan fingerprint density at radius 3 is 3.00 bits per heavy atom. The lowest BCUT2D eigenvalue weighted by molar-refractivity contribution is 0.0923. The van der Waals surface area contributed by atoms with Gasteiger partial charge in [-0.05, 0) is 18.2 Å². The molecule has 7 nitrogen and oxygen atoms in total. The van der Waals surface area contributed by atoms with Crippen molar-refractivity contribution in [1.29, 1.82) is 0 Å². The van der Waals surface area contributed by atoms with E-state index in [1.807, 2.05) is 0 Å². The van der Waals surface area contributed by atoms with E-state index in [1.165, 1.54) is 18.3 Å². The molecule has 0 unspecified atom stereocenters. The van der Waals surface area contributed by atoms with Crippen LogP contribution in [-0.2, 0) is 4.74 Å². The van der Waals surface area contributed by atoms with Crippen LogP contribution >= 0.6 is 24.4 Å². The second kappa shape index (κ2) is 7.61. The summed E-state index contributed by atoms with van der Waals surface area (Å²) in [7, 11) is 0. The molecule has 25 heavy (non-hydrogen) atoms. The van der Waals surface area contributed by atoms with E-state index in [9.17, 15) is 9.90 Å². The van der Waals surface area contributed by atoms with Crippen LogP contribution in [0.5, 0.6) is 5.75 Å². The van der Waals surface area contributed by atoms with Crippen LogP contribution in [0.15, 0.2) is 45.4 Å². The highest BCUT2D eigenvalue weighted by atomic mass is 32.2. The second-order valence-corrected chi connectivity index (χ2v) is 7.44. The Labute approximate surface area is 154 Å². The number of phenolic OH excluding ortho intramolecular Hbond substituents is 1. The molecular formula is C16H19N3O4S2. The quantitative estimate of drug-likeness (QED) is 0.266. The highest BCUT2D eigenvalue weighted by molar-refractivity contribution is 8.00.